The van der Waals surface area contributed by atoms with Gasteiger partial charge in [0, 0.05) is 19.0 Å². The van der Waals surface area contributed by atoms with E-state index in [1.165, 1.54) is 13.2 Å². The summed E-state index contributed by atoms with van der Waals surface area (Å²) in [6, 6.07) is 5.01. The van der Waals surface area contributed by atoms with E-state index in [1.54, 1.807) is 12.1 Å². The van der Waals surface area contributed by atoms with Crippen LogP contribution in [0.25, 0.3) is 0 Å². The summed E-state index contributed by atoms with van der Waals surface area (Å²) in [7, 11) is 1.36. The highest BCUT2D eigenvalue weighted by Gasteiger charge is 2.29. The number of hydrogen-bond acceptors (Lipinski definition) is 4. The molecule has 1 aliphatic rings. The minimum atomic E-state index is -4.41. The van der Waals surface area contributed by atoms with Crippen molar-refractivity contribution < 1.29 is 27.4 Å². The van der Waals surface area contributed by atoms with Crippen molar-refractivity contribution in [3.05, 3.63) is 23.8 Å². The van der Waals surface area contributed by atoms with E-state index < -0.39 is 12.8 Å². The van der Waals surface area contributed by atoms with Gasteiger partial charge in [0.15, 0.2) is 18.1 Å². The Labute approximate surface area is 144 Å². The predicted octanol–water partition coefficient (Wildman–Crippen LogP) is 2.44. The molecular weight excluding hydrogens is 337 g/mol. The first-order valence-electron chi connectivity index (χ1n) is 8.24. The van der Waals surface area contributed by atoms with Gasteiger partial charge in [-0.3, -0.25) is 4.79 Å². The van der Waals surface area contributed by atoms with Crippen LogP contribution in [0.3, 0.4) is 0 Å². The number of alkyl halides is 3. The second-order valence-corrected chi connectivity index (χ2v) is 5.99. The van der Waals surface area contributed by atoms with Crippen molar-refractivity contribution in [1.29, 1.82) is 0 Å². The van der Waals surface area contributed by atoms with E-state index in [4.69, 9.17) is 9.47 Å². The Hall–Kier alpha value is -1.96. The van der Waals surface area contributed by atoms with Crippen LogP contribution in [-0.2, 0) is 11.2 Å². The minimum Gasteiger partial charge on any atom is -0.493 e. The predicted molar refractivity (Wildman–Crippen MR) is 86.9 cm³/mol. The molecule has 140 valence electrons. The van der Waals surface area contributed by atoms with Crippen LogP contribution in [0.5, 0.6) is 11.5 Å². The number of methoxy groups -OCH3 is 1. The summed E-state index contributed by atoms with van der Waals surface area (Å²) in [5.41, 5.74) is 0.797. The van der Waals surface area contributed by atoms with E-state index in [9.17, 15) is 18.0 Å². The summed E-state index contributed by atoms with van der Waals surface area (Å²) in [6.07, 6.45) is -1.44. The highest BCUT2D eigenvalue weighted by Crippen LogP contribution is 2.30. The first-order chi connectivity index (χ1) is 11.9. The molecule has 1 atom stereocenters. The number of rotatable bonds is 8. The molecule has 5 nitrogen and oxygen atoms in total. The zero-order chi connectivity index (χ0) is 18.3. The van der Waals surface area contributed by atoms with Crippen molar-refractivity contribution in [3.8, 4) is 11.5 Å². The molecule has 0 radical (unpaired) electrons. The highest BCUT2D eigenvalue weighted by molar-refractivity contribution is 5.76. The Morgan fingerprint density at radius 2 is 2.16 bits per heavy atom. The van der Waals surface area contributed by atoms with Gasteiger partial charge in [0.25, 0.3) is 0 Å². The smallest absolute Gasteiger partial charge is 0.422 e. The molecule has 0 bridgehead atoms. The number of benzene rings is 1. The molecule has 1 unspecified atom stereocenters. The summed E-state index contributed by atoms with van der Waals surface area (Å²) in [5, 5.41) is 6.19. The highest BCUT2D eigenvalue weighted by atomic mass is 19.4. The van der Waals surface area contributed by atoms with Crippen LogP contribution >= 0.6 is 0 Å². The molecule has 0 saturated carbocycles. The monoisotopic (exact) mass is 360 g/mol. The van der Waals surface area contributed by atoms with Gasteiger partial charge in [0.2, 0.25) is 5.91 Å². The maximum Gasteiger partial charge on any atom is 0.422 e. The maximum atomic E-state index is 12.2. The Bertz CT molecular complexity index is 573. The average molecular weight is 360 g/mol. The quantitative estimate of drug-likeness (QED) is 0.748. The lowest BCUT2D eigenvalue weighted by atomic mass is 10.1. The van der Waals surface area contributed by atoms with Crippen LogP contribution in [0, 0.1) is 0 Å². The van der Waals surface area contributed by atoms with Crippen molar-refractivity contribution >= 4 is 5.91 Å². The van der Waals surface area contributed by atoms with Gasteiger partial charge in [-0.2, -0.15) is 13.2 Å². The molecule has 8 heteroatoms. The summed E-state index contributed by atoms with van der Waals surface area (Å²) in [6.45, 7) is 0.232. The number of nitrogens with one attached hydrogen (secondary N) is 2. The summed E-state index contributed by atoms with van der Waals surface area (Å²) >= 11 is 0. The van der Waals surface area contributed by atoms with Crippen molar-refractivity contribution in [2.75, 3.05) is 26.8 Å². The topological polar surface area (TPSA) is 59.6 Å². The van der Waals surface area contributed by atoms with Gasteiger partial charge in [0.1, 0.15) is 0 Å². The van der Waals surface area contributed by atoms with Gasteiger partial charge in [-0.25, -0.2) is 0 Å². The van der Waals surface area contributed by atoms with Gasteiger partial charge < -0.3 is 20.1 Å². The van der Waals surface area contributed by atoms with Gasteiger partial charge in [-0.1, -0.05) is 6.07 Å². The largest absolute Gasteiger partial charge is 0.493 e. The summed E-state index contributed by atoms with van der Waals surface area (Å²) in [5.74, 6) is 0.197. The Morgan fingerprint density at radius 1 is 1.36 bits per heavy atom. The zero-order valence-electron chi connectivity index (χ0n) is 14.1. The van der Waals surface area contributed by atoms with Gasteiger partial charge in [-0.05, 0) is 43.5 Å². The van der Waals surface area contributed by atoms with Gasteiger partial charge in [-0.15, -0.1) is 0 Å². The Morgan fingerprint density at radius 3 is 2.80 bits per heavy atom. The number of aryl methyl sites for hydroxylation is 1. The fraction of sp³-hybridized carbons (Fsp3) is 0.588. The standard InChI is InChI=1S/C17H23F3N2O3/c1-24-15-9-12(4-6-14(15)25-11-17(18,19)20)5-7-16(23)22-10-13-3-2-8-21-13/h4,6,9,13,21H,2-3,5,7-8,10-11H2,1H3,(H,22,23). The first kappa shape index (κ1) is 19.4. The van der Waals surface area contributed by atoms with Crippen molar-refractivity contribution in [2.45, 2.75) is 37.9 Å². The maximum absolute atomic E-state index is 12.2. The molecule has 25 heavy (non-hydrogen) atoms. The van der Waals surface area contributed by atoms with Gasteiger partial charge in [0.05, 0.1) is 7.11 Å². The third-order valence-electron chi connectivity index (χ3n) is 3.97. The number of amides is 1. The van der Waals surface area contributed by atoms with E-state index in [0.29, 0.717) is 25.4 Å². The molecule has 0 spiro atoms. The Balaban J connectivity index is 1.81. The molecule has 1 aromatic carbocycles. The molecular formula is C17H23F3N2O3. The number of hydrogen-bond donors (Lipinski definition) is 2. The van der Waals surface area contributed by atoms with Crippen molar-refractivity contribution in [2.24, 2.45) is 0 Å². The lowest BCUT2D eigenvalue weighted by Gasteiger charge is -2.14. The second kappa shape index (κ2) is 8.94. The first-order valence-corrected chi connectivity index (χ1v) is 8.24. The minimum absolute atomic E-state index is 0.0281. The van der Waals surface area contributed by atoms with Crippen LogP contribution in [0.2, 0.25) is 0 Å². The third-order valence-corrected chi connectivity index (χ3v) is 3.97. The van der Waals surface area contributed by atoms with E-state index in [-0.39, 0.29) is 17.4 Å². The van der Waals surface area contributed by atoms with Crippen LogP contribution < -0.4 is 20.1 Å². The normalized spacial score (nSPS) is 17.4. The van der Waals surface area contributed by atoms with Crippen molar-refractivity contribution in [1.82, 2.24) is 10.6 Å². The van der Waals surface area contributed by atoms with Crippen molar-refractivity contribution in [3.63, 3.8) is 0 Å². The molecule has 2 N–H and O–H groups in total. The number of carbonyl (C=O) groups excluding carboxylic acids is 1. The SMILES string of the molecule is COc1cc(CCC(=O)NCC2CCCN2)ccc1OCC(F)(F)F. The van der Waals surface area contributed by atoms with Crippen LogP contribution in [-0.4, -0.2) is 44.9 Å². The number of halogens is 3. The Kier molecular flexibility index (Phi) is 6.92. The molecule has 1 amide bonds. The molecule has 1 aliphatic heterocycles. The van der Waals surface area contributed by atoms with E-state index in [2.05, 4.69) is 10.6 Å². The van der Waals surface area contributed by atoms with E-state index in [0.717, 1.165) is 24.9 Å². The second-order valence-electron chi connectivity index (χ2n) is 5.99. The molecule has 1 aromatic rings. The van der Waals surface area contributed by atoms with Crippen LogP contribution in [0.15, 0.2) is 18.2 Å². The van der Waals surface area contributed by atoms with Crippen LogP contribution in [0.1, 0.15) is 24.8 Å². The fourth-order valence-electron chi connectivity index (χ4n) is 2.66. The number of carbonyl (C=O) groups is 1. The third kappa shape index (κ3) is 6.81. The lowest BCUT2D eigenvalue weighted by molar-refractivity contribution is -0.153. The van der Waals surface area contributed by atoms with Crippen LogP contribution in [0.4, 0.5) is 13.2 Å². The molecule has 0 aliphatic carbocycles. The van der Waals surface area contributed by atoms with E-state index >= 15 is 0 Å². The number of ether oxygens (including phenoxy) is 2. The summed E-state index contributed by atoms with van der Waals surface area (Å²) in [4.78, 5) is 11.9. The molecule has 2 rings (SSSR count). The average Bonchev–Trinajstić information content (AvgIpc) is 3.09. The lowest BCUT2D eigenvalue weighted by Crippen LogP contribution is -2.37. The zero-order valence-corrected chi connectivity index (χ0v) is 14.1. The molecule has 0 aromatic heterocycles. The molecule has 1 heterocycles. The molecule has 1 fully saturated rings. The summed E-state index contributed by atoms with van der Waals surface area (Å²) < 4.78 is 46.5. The van der Waals surface area contributed by atoms with Gasteiger partial charge >= 0.3 is 6.18 Å². The molecule has 1 saturated heterocycles. The van der Waals surface area contributed by atoms with E-state index in [1.807, 2.05) is 0 Å². The fourth-order valence-corrected chi connectivity index (χ4v) is 2.66.